The van der Waals surface area contributed by atoms with Crippen molar-refractivity contribution in [2.75, 3.05) is 6.54 Å². The lowest BCUT2D eigenvalue weighted by Gasteiger charge is -2.39. The highest BCUT2D eigenvalue weighted by Crippen LogP contribution is 2.23. The van der Waals surface area contributed by atoms with Gasteiger partial charge >= 0.3 is 5.97 Å². The molecular weight excluding hydrogens is 238 g/mol. The molecule has 0 aliphatic carbocycles. The second-order valence-corrected chi connectivity index (χ2v) is 5.52. The van der Waals surface area contributed by atoms with Crippen LogP contribution in [-0.4, -0.2) is 34.6 Å². The van der Waals surface area contributed by atoms with Gasteiger partial charge in [-0.2, -0.15) is 0 Å². The summed E-state index contributed by atoms with van der Waals surface area (Å²) in [6.45, 7) is 3.25. The summed E-state index contributed by atoms with van der Waals surface area (Å²) in [6, 6.07) is 10.8. The predicted molar refractivity (Wildman–Crippen MR) is 76.2 cm³/mol. The van der Waals surface area contributed by atoms with Crippen molar-refractivity contribution in [3.05, 3.63) is 35.9 Å². The van der Waals surface area contributed by atoms with Crippen molar-refractivity contribution in [1.82, 2.24) is 4.90 Å². The lowest BCUT2D eigenvalue weighted by molar-refractivity contribution is -0.138. The molecule has 1 fully saturated rings. The van der Waals surface area contributed by atoms with Crippen LogP contribution in [0.3, 0.4) is 0 Å². The van der Waals surface area contributed by atoms with Crippen molar-refractivity contribution < 1.29 is 9.90 Å². The monoisotopic (exact) mass is 261 g/mol. The minimum atomic E-state index is -0.696. The van der Waals surface area contributed by atoms with Crippen molar-refractivity contribution in [2.24, 2.45) is 0 Å². The highest BCUT2D eigenvalue weighted by molar-refractivity contribution is 5.67. The Morgan fingerprint density at radius 3 is 2.74 bits per heavy atom. The average molecular weight is 261 g/mol. The summed E-state index contributed by atoms with van der Waals surface area (Å²) in [5.74, 6) is -0.696. The van der Waals surface area contributed by atoms with Gasteiger partial charge in [-0.05, 0) is 38.3 Å². The van der Waals surface area contributed by atoms with Gasteiger partial charge in [0, 0.05) is 12.1 Å². The molecule has 104 valence electrons. The minimum absolute atomic E-state index is 0.121. The molecule has 0 aromatic heterocycles. The molecule has 3 heteroatoms. The lowest BCUT2D eigenvalue weighted by atomic mass is 9.95. The summed E-state index contributed by atoms with van der Waals surface area (Å²) in [4.78, 5) is 13.5. The summed E-state index contributed by atoms with van der Waals surface area (Å²) in [5.41, 5.74) is 1.23. The molecule has 0 saturated carbocycles. The zero-order valence-corrected chi connectivity index (χ0v) is 11.6. The van der Waals surface area contributed by atoms with Gasteiger partial charge in [-0.15, -0.1) is 0 Å². The maximum absolute atomic E-state index is 11.1. The molecule has 1 aromatic rings. The van der Waals surface area contributed by atoms with Crippen LogP contribution < -0.4 is 0 Å². The zero-order valence-electron chi connectivity index (χ0n) is 11.6. The third kappa shape index (κ3) is 4.06. The van der Waals surface area contributed by atoms with E-state index in [1.54, 1.807) is 0 Å². The molecule has 1 saturated heterocycles. The SMILES string of the molecule is CC1CCCCN1C(CC(=O)O)Cc1ccccc1. The van der Waals surface area contributed by atoms with E-state index in [0.717, 1.165) is 13.0 Å². The standard InChI is InChI=1S/C16H23NO2/c1-13-7-5-6-10-17(13)15(12-16(18)19)11-14-8-3-2-4-9-14/h2-4,8-9,13,15H,5-7,10-12H2,1H3,(H,18,19). The number of hydrogen-bond donors (Lipinski definition) is 1. The first-order valence-electron chi connectivity index (χ1n) is 7.18. The summed E-state index contributed by atoms with van der Waals surface area (Å²) in [7, 11) is 0. The van der Waals surface area contributed by atoms with Crippen molar-refractivity contribution >= 4 is 5.97 Å². The van der Waals surface area contributed by atoms with E-state index in [4.69, 9.17) is 5.11 Å². The van der Waals surface area contributed by atoms with Gasteiger partial charge in [-0.3, -0.25) is 9.69 Å². The maximum atomic E-state index is 11.1. The van der Waals surface area contributed by atoms with Gasteiger partial charge in [0.05, 0.1) is 6.42 Å². The van der Waals surface area contributed by atoms with E-state index in [1.807, 2.05) is 18.2 Å². The van der Waals surface area contributed by atoms with Crippen LogP contribution in [0.25, 0.3) is 0 Å². The second-order valence-electron chi connectivity index (χ2n) is 5.52. The van der Waals surface area contributed by atoms with Crippen LogP contribution in [0, 0.1) is 0 Å². The van der Waals surface area contributed by atoms with E-state index >= 15 is 0 Å². The lowest BCUT2D eigenvalue weighted by Crippen LogP contribution is -2.46. The number of likely N-dealkylation sites (tertiary alicyclic amines) is 1. The van der Waals surface area contributed by atoms with Gasteiger partial charge < -0.3 is 5.11 Å². The first kappa shape index (κ1) is 14.1. The molecule has 0 radical (unpaired) electrons. The predicted octanol–water partition coefficient (Wildman–Crippen LogP) is 2.95. The fourth-order valence-corrected chi connectivity index (χ4v) is 3.06. The van der Waals surface area contributed by atoms with E-state index in [0.29, 0.717) is 6.04 Å². The van der Waals surface area contributed by atoms with Crippen LogP contribution in [0.4, 0.5) is 0 Å². The van der Waals surface area contributed by atoms with Gasteiger partial charge in [0.1, 0.15) is 0 Å². The molecule has 0 spiro atoms. The highest BCUT2D eigenvalue weighted by Gasteiger charge is 2.27. The number of hydrogen-bond acceptors (Lipinski definition) is 2. The van der Waals surface area contributed by atoms with Crippen LogP contribution in [0.15, 0.2) is 30.3 Å². The number of benzene rings is 1. The van der Waals surface area contributed by atoms with Crippen LogP contribution in [0.2, 0.25) is 0 Å². The van der Waals surface area contributed by atoms with Crippen molar-refractivity contribution in [2.45, 2.75) is 51.1 Å². The Morgan fingerprint density at radius 2 is 2.11 bits per heavy atom. The van der Waals surface area contributed by atoms with Crippen LogP contribution >= 0.6 is 0 Å². The molecule has 0 bridgehead atoms. The molecule has 19 heavy (non-hydrogen) atoms. The number of nitrogens with zero attached hydrogens (tertiary/aromatic N) is 1. The number of carbonyl (C=O) groups is 1. The van der Waals surface area contributed by atoms with Gasteiger partial charge in [-0.25, -0.2) is 0 Å². The molecule has 2 atom stereocenters. The number of piperidine rings is 1. The van der Waals surface area contributed by atoms with E-state index in [9.17, 15) is 4.79 Å². The van der Waals surface area contributed by atoms with E-state index in [1.165, 1.54) is 24.8 Å². The van der Waals surface area contributed by atoms with Crippen LogP contribution in [0.5, 0.6) is 0 Å². The number of rotatable bonds is 5. The number of aliphatic carboxylic acids is 1. The first-order chi connectivity index (χ1) is 9.16. The third-order valence-corrected chi connectivity index (χ3v) is 4.05. The zero-order chi connectivity index (χ0) is 13.7. The topological polar surface area (TPSA) is 40.5 Å². The molecule has 1 heterocycles. The highest BCUT2D eigenvalue weighted by atomic mass is 16.4. The van der Waals surface area contributed by atoms with Gasteiger partial charge in [0.2, 0.25) is 0 Å². The average Bonchev–Trinajstić information content (AvgIpc) is 2.39. The van der Waals surface area contributed by atoms with Gasteiger partial charge in [-0.1, -0.05) is 36.8 Å². The summed E-state index contributed by atoms with van der Waals surface area (Å²) < 4.78 is 0. The molecule has 3 nitrogen and oxygen atoms in total. The summed E-state index contributed by atoms with van der Waals surface area (Å²) in [5, 5.41) is 9.15. The molecule has 2 rings (SSSR count). The minimum Gasteiger partial charge on any atom is -0.481 e. The normalized spacial score (nSPS) is 22.1. The Balaban J connectivity index is 2.08. The van der Waals surface area contributed by atoms with Gasteiger partial charge in [0.15, 0.2) is 0 Å². The van der Waals surface area contributed by atoms with Crippen molar-refractivity contribution in [3.63, 3.8) is 0 Å². The number of carboxylic acids is 1. The molecule has 1 aliphatic heterocycles. The van der Waals surface area contributed by atoms with E-state index in [-0.39, 0.29) is 12.5 Å². The quantitative estimate of drug-likeness (QED) is 0.886. The van der Waals surface area contributed by atoms with Crippen LogP contribution in [-0.2, 0) is 11.2 Å². The second kappa shape index (κ2) is 6.71. The fourth-order valence-electron chi connectivity index (χ4n) is 3.06. The van der Waals surface area contributed by atoms with E-state index < -0.39 is 5.97 Å². The molecule has 2 unspecified atom stereocenters. The van der Waals surface area contributed by atoms with Gasteiger partial charge in [0.25, 0.3) is 0 Å². The molecule has 1 N–H and O–H groups in total. The molecule has 0 amide bonds. The Hall–Kier alpha value is -1.35. The molecule has 1 aromatic carbocycles. The number of carboxylic acid groups (broad SMARTS) is 1. The largest absolute Gasteiger partial charge is 0.481 e. The van der Waals surface area contributed by atoms with Crippen LogP contribution in [0.1, 0.15) is 38.2 Å². The summed E-state index contributed by atoms with van der Waals surface area (Å²) >= 11 is 0. The molecule has 1 aliphatic rings. The van der Waals surface area contributed by atoms with Crippen molar-refractivity contribution in [1.29, 1.82) is 0 Å². The third-order valence-electron chi connectivity index (χ3n) is 4.05. The van der Waals surface area contributed by atoms with Crippen molar-refractivity contribution in [3.8, 4) is 0 Å². The molecular formula is C16H23NO2. The summed E-state index contributed by atoms with van der Waals surface area (Å²) in [6.07, 6.45) is 4.71. The Labute approximate surface area is 115 Å². The Bertz CT molecular complexity index is 404. The smallest absolute Gasteiger partial charge is 0.304 e. The Kier molecular flexibility index (Phi) is 4.97. The Morgan fingerprint density at radius 1 is 1.37 bits per heavy atom. The maximum Gasteiger partial charge on any atom is 0.304 e. The fraction of sp³-hybridized carbons (Fsp3) is 0.562. The first-order valence-corrected chi connectivity index (χ1v) is 7.18. The van der Waals surface area contributed by atoms with E-state index in [2.05, 4.69) is 24.0 Å².